The van der Waals surface area contributed by atoms with Gasteiger partial charge in [-0.3, -0.25) is 0 Å². The molecule has 0 aliphatic heterocycles. The van der Waals surface area contributed by atoms with Crippen LogP contribution < -0.4 is 5.32 Å². The van der Waals surface area contributed by atoms with Crippen LogP contribution in [0.15, 0.2) is 36.4 Å². The van der Waals surface area contributed by atoms with E-state index < -0.39 is 0 Å². The van der Waals surface area contributed by atoms with Gasteiger partial charge in [0.2, 0.25) is 0 Å². The van der Waals surface area contributed by atoms with Gasteiger partial charge in [0.05, 0.1) is 6.04 Å². The van der Waals surface area contributed by atoms with Gasteiger partial charge >= 0.3 is 0 Å². The van der Waals surface area contributed by atoms with Gasteiger partial charge in [0.25, 0.3) is 0 Å². The molecule has 1 aliphatic carbocycles. The summed E-state index contributed by atoms with van der Waals surface area (Å²) >= 11 is 0. The first-order valence-corrected chi connectivity index (χ1v) is 8.11. The third-order valence-electron chi connectivity index (χ3n) is 4.73. The summed E-state index contributed by atoms with van der Waals surface area (Å²) in [7, 11) is 0. The van der Waals surface area contributed by atoms with Gasteiger partial charge in [-0.15, -0.1) is 0 Å². The van der Waals surface area contributed by atoms with E-state index in [1.807, 2.05) is 0 Å². The van der Waals surface area contributed by atoms with Crippen LogP contribution in [-0.2, 0) is 12.8 Å². The number of fused-ring (bicyclic) bond motifs is 1. The van der Waals surface area contributed by atoms with Crippen molar-refractivity contribution in [3.63, 3.8) is 0 Å². The van der Waals surface area contributed by atoms with Crippen LogP contribution in [0.2, 0.25) is 0 Å². The monoisotopic (exact) mass is 279 g/mol. The fourth-order valence-corrected chi connectivity index (χ4v) is 3.35. The molecule has 3 rings (SSSR count). The second kappa shape index (κ2) is 6.03. The van der Waals surface area contributed by atoms with E-state index in [4.69, 9.17) is 0 Å². The molecule has 1 heteroatoms. The molecule has 0 bridgehead atoms. The third-order valence-corrected chi connectivity index (χ3v) is 4.73. The second-order valence-corrected chi connectivity index (χ2v) is 6.22. The highest BCUT2D eigenvalue weighted by molar-refractivity contribution is 5.42. The molecule has 21 heavy (non-hydrogen) atoms. The molecule has 1 nitrogen and oxygen atoms in total. The predicted molar refractivity (Wildman–Crippen MR) is 89.9 cm³/mol. The zero-order valence-corrected chi connectivity index (χ0v) is 13.4. The molecule has 110 valence electrons. The van der Waals surface area contributed by atoms with Crippen LogP contribution in [0.3, 0.4) is 0 Å². The van der Waals surface area contributed by atoms with E-state index in [1.54, 1.807) is 11.1 Å². The molecular weight excluding hydrogens is 254 g/mol. The molecule has 1 atom stereocenters. The molecule has 0 saturated carbocycles. The second-order valence-electron chi connectivity index (χ2n) is 6.22. The number of hydrogen-bond acceptors (Lipinski definition) is 1. The van der Waals surface area contributed by atoms with Gasteiger partial charge in [-0.1, -0.05) is 43.3 Å². The molecule has 1 aliphatic rings. The lowest BCUT2D eigenvalue weighted by Crippen LogP contribution is -2.22. The molecule has 0 fully saturated rings. The fraction of sp³-hybridized carbons (Fsp3) is 0.400. The molecule has 2 aromatic carbocycles. The number of benzene rings is 2. The molecule has 1 N–H and O–H groups in total. The van der Waals surface area contributed by atoms with Crippen molar-refractivity contribution >= 4 is 0 Å². The van der Waals surface area contributed by atoms with Gasteiger partial charge in [0, 0.05) is 0 Å². The quantitative estimate of drug-likeness (QED) is 0.869. The minimum absolute atomic E-state index is 0.306. The lowest BCUT2D eigenvalue weighted by atomic mass is 9.93. The molecule has 0 aromatic heterocycles. The Hall–Kier alpha value is -1.60. The van der Waals surface area contributed by atoms with Crippen LogP contribution in [0.4, 0.5) is 0 Å². The van der Waals surface area contributed by atoms with Gasteiger partial charge in [-0.05, 0) is 73.0 Å². The molecule has 0 saturated heterocycles. The normalized spacial score (nSPS) is 15.0. The first-order valence-electron chi connectivity index (χ1n) is 8.11. The smallest absolute Gasteiger partial charge is 0.0576 e. The van der Waals surface area contributed by atoms with Crippen molar-refractivity contribution in [1.82, 2.24) is 5.32 Å². The van der Waals surface area contributed by atoms with Gasteiger partial charge in [-0.25, -0.2) is 0 Å². The van der Waals surface area contributed by atoms with Crippen molar-refractivity contribution in [3.8, 4) is 0 Å². The SMILES string of the molecule is CCNC(c1ccc(C)c(C)c1)c1ccc2c(c1)CCC2. The predicted octanol–water partition coefficient (Wildman–Crippen LogP) is 4.49. The lowest BCUT2D eigenvalue weighted by Gasteiger charge is -2.21. The highest BCUT2D eigenvalue weighted by atomic mass is 14.9. The highest BCUT2D eigenvalue weighted by Gasteiger charge is 2.17. The lowest BCUT2D eigenvalue weighted by molar-refractivity contribution is 0.629. The Morgan fingerprint density at radius 1 is 0.905 bits per heavy atom. The van der Waals surface area contributed by atoms with E-state index in [1.165, 1.54) is 41.5 Å². The number of rotatable bonds is 4. The maximum absolute atomic E-state index is 3.65. The topological polar surface area (TPSA) is 12.0 Å². The van der Waals surface area contributed by atoms with Crippen LogP contribution in [-0.4, -0.2) is 6.54 Å². The first-order chi connectivity index (χ1) is 10.2. The Labute approximate surface area is 128 Å². The molecular formula is C20H25N. The zero-order chi connectivity index (χ0) is 14.8. The Bertz CT molecular complexity index is 642. The van der Waals surface area contributed by atoms with Crippen molar-refractivity contribution < 1.29 is 0 Å². The fourth-order valence-electron chi connectivity index (χ4n) is 3.35. The Balaban J connectivity index is 1.99. The van der Waals surface area contributed by atoms with Crippen molar-refractivity contribution in [3.05, 3.63) is 69.8 Å². The molecule has 2 aromatic rings. The average Bonchev–Trinajstić information content (AvgIpc) is 2.95. The van der Waals surface area contributed by atoms with Crippen molar-refractivity contribution in [2.24, 2.45) is 0 Å². The maximum atomic E-state index is 3.65. The minimum atomic E-state index is 0.306. The van der Waals surface area contributed by atoms with E-state index in [0.717, 1.165) is 6.54 Å². The Kier molecular flexibility index (Phi) is 4.12. The van der Waals surface area contributed by atoms with Gasteiger partial charge in [0.1, 0.15) is 0 Å². The summed E-state index contributed by atoms with van der Waals surface area (Å²) in [5, 5.41) is 3.65. The summed E-state index contributed by atoms with van der Waals surface area (Å²) < 4.78 is 0. The van der Waals surface area contributed by atoms with Crippen molar-refractivity contribution in [1.29, 1.82) is 0 Å². The van der Waals surface area contributed by atoms with E-state index in [2.05, 4.69) is 62.5 Å². The molecule has 1 unspecified atom stereocenters. The van der Waals surface area contributed by atoms with E-state index in [-0.39, 0.29) is 0 Å². The van der Waals surface area contributed by atoms with Crippen molar-refractivity contribution in [2.75, 3.05) is 6.54 Å². The van der Waals surface area contributed by atoms with Crippen LogP contribution >= 0.6 is 0 Å². The number of nitrogens with one attached hydrogen (secondary N) is 1. The van der Waals surface area contributed by atoms with E-state index >= 15 is 0 Å². The van der Waals surface area contributed by atoms with Crippen LogP contribution in [0.1, 0.15) is 52.8 Å². The Morgan fingerprint density at radius 3 is 2.38 bits per heavy atom. The summed E-state index contributed by atoms with van der Waals surface area (Å²) in [4.78, 5) is 0. The number of hydrogen-bond donors (Lipinski definition) is 1. The van der Waals surface area contributed by atoms with Crippen LogP contribution in [0.5, 0.6) is 0 Å². The van der Waals surface area contributed by atoms with Gasteiger partial charge in [0.15, 0.2) is 0 Å². The zero-order valence-electron chi connectivity index (χ0n) is 13.4. The maximum Gasteiger partial charge on any atom is 0.0576 e. The number of aryl methyl sites for hydroxylation is 4. The third kappa shape index (κ3) is 2.89. The summed E-state index contributed by atoms with van der Waals surface area (Å²) in [6.07, 6.45) is 3.81. The standard InChI is InChI=1S/C20H25N/c1-4-21-20(18-9-8-14(2)15(3)12-18)19-11-10-16-6-5-7-17(16)13-19/h8-13,20-21H,4-7H2,1-3H3. The summed E-state index contributed by atoms with van der Waals surface area (Å²) in [6.45, 7) is 7.54. The van der Waals surface area contributed by atoms with Gasteiger partial charge in [-0.2, -0.15) is 0 Å². The summed E-state index contributed by atoms with van der Waals surface area (Å²) in [5.74, 6) is 0. The van der Waals surface area contributed by atoms with Gasteiger partial charge < -0.3 is 5.32 Å². The summed E-state index contributed by atoms with van der Waals surface area (Å²) in [6, 6.07) is 14.2. The van der Waals surface area contributed by atoms with Crippen LogP contribution in [0, 0.1) is 13.8 Å². The van der Waals surface area contributed by atoms with Crippen molar-refractivity contribution in [2.45, 2.75) is 46.1 Å². The molecule has 0 amide bonds. The molecule has 0 heterocycles. The first kappa shape index (κ1) is 14.3. The largest absolute Gasteiger partial charge is 0.307 e. The molecule has 0 radical (unpaired) electrons. The Morgan fingerprint density at radius 2 is 1.62 bits per heavy atom. The van der Waals surface area contributed by atoms with E-state index in [0.29, 0.717) is 6.04 Å². The average molecular weight is 279 g/mol. The molecule has 0 spiro atoms. The van der Waals surface area contributed by atoms with E-state index in [9.17, 15) is 0 Å². The minimum Gasteiger partial charge on any atom is -0.307 e. The van der Waals surface area contributed by atoms with Crippen LogP contribution in [0.25, 0.3) is 0 Å². The summed E-state index contributed by atoms with van der Waals surface area (Å²) in [5.41, 5.74) is 8.62. The highest BCUT2D eigenvalue weighted by Crippen LogP contribution is 2.29.